The normalized spacial score (nSPS) is 12.5. The lowest BCUT2D eigenvalue weighted by molar-refractivity contribution is -0.140. The number of rotatable bonds is 9. The van der Waals surface area contributed by atoms with Crippen molar-refractivity contribution >= 4 is 62.3 Å². The van der Waals surface area contributed by atoms with Crippen LogP contribution in [-0.2, 0) is 26.2 Å². The Morgan fingerprint density at radius 3 is 2.05 bits per heavy atom. The molecule has 41 heavy (non-hydrogen) atoms. The van der Waals surface area contributed by atoms with Gasteiger partial charge in [0.05, 0.1) is 10.6 Å². The molecule has 0 aliphatic heterocycles. The summed E-state index contributed by atoms with van der Waals surface area (Å²) >= 11 is 19.0. The zero-order chi connectivity index (χ0) is 30.7. The van der Waals surface area contributed by atoms with E-state index in [0.717, 1.165) is 9.87 Å². The second kappa shape index (κ2) is 13.0. The number of anilines is 1. The number of sulfonamides is 1. The SMILES string of the molecule is Cc1ccc(S(=O)(=O)N(CC(=O)N(Cc2c(Cl)cccc2Cl)C(C)C(=O)NC(C)(C)C)c2ccc(Cl)cc2C)cc1. The third-order valence-electron chi connectivity index (χ3n) is 6.37. The molecule has 0 saturated heterocycles. The number of benzene rings is 3. The Labute approximate surface area is 257 Å². The Bertz CT molecular complexity index is 1520. The smallest absolute Gasteiger partial charge is 0.264 e. The standard InChI is InChI=1S/C30H34Cl3N3O4S/c1-19-10-13-23(14-11-19)41(39,40)36(27-15-12-22(31)16-20(27)2)18-28(37)35(21(3)29(38)34-30(4,5)6)17-24-25(32)8-7-9-26(24)33/h7-16,21H,17-18H2,1-6H3,(H,34,38). The molecule has 1 unspecified atom stereocenters. The van der Waals surface area contributed by atoms with E-state index in [1.807, 2.05) is 27.7 Å². The summed E-state index contributed by atoms with van der Waals surface area (Å²) in [7, 11) is -4.21. The first kappa shape index (κ1) is 32.7. The van der Waals surface area contributed by atoms with Gasteiger partial charge in [0.25, 0.3) is 10.0 Å². The van der Waals surface area contributed by atoms with Crippen LogP contribution in [0.5, 0.6) is 0 Å². The highest BCUT2D eigenvalue weighted by molar-refractivity contribution is 7.92. The molecular formula is C30H34Cl3N3O4S. The number of aryl methyl sites for hydroxylation is 2. The van der Waals surface area contributed by atoms with Crippen molar-refractivity contribution in [3.63, 3.8) is 0 Å². The molecule has 0 spiro atoms. The lowest BCUT2D eigenvalue weighted by Gasteiger charge is -2.34. The first-order valence-corrected chi connectivity index (χ1v) is 15.5. The second-order valence-corrected chi connectivity index (χ2v) is 14.0. The Hall–Kier alpha value is -2.78. The van der Waals surface area contributed by atoms with Crippen LogP contribution >= 0.6 is 34.8 Å². The minimum Gasteiger partial charge on any atom is -0.350 e. The van der Waals surface area contributed by atoms with Crippen LogP contribution in [0, 0.1) is 13.8 Å². The Morgan fingerprint density at radius 2 is 1.51 bits per heavy atom. The maximum absolute atomic E-state index is 14.1. The van der Waals surface area contributed by atoms with Crippen molar-refractivity contribution in [2.24, 2.45) is 0 Å². The monoisotopic (exact) mass is 637 g/mol. The van der Waals surface area contributed by atoms with E-state index in [1.165, 1.54) is 17.0 Å². The van der Waals surface area contributed by atoms with E-state index in [4.69, 9.17) is 34.8 Å². The van der Waals surface area contributed by atoms with Gasteiger partial charge in [-0.3, -0.25) is 13.9 Å². The van der Waals surface area contributed by atoms with Gasteiger partial charge < -0.3 is 10.2 Å². The van der Waals surface area contributed by atoms with E-state index in [0.29, 0.717) is 26.2 Å². The molecule has 0 heterocycles. The van der Waals surface area contributed by atoms with Crippen LogP contribution in [-0.4, -0.2) is 43.3 Å². The Balaban J connectivity index is 2.11. The van der Waals surface area contributed by atoms with Crippen molar-refractivity contribution in [3.8, 4) is 0 Å². The molecule has 0 aromatic heterocycles. The van der Waals surface area contributed by atoms with E-state index < -0.39 is 40.0 Å². The minimum atomic E-state index is -4.21. The minimum absolute atomic E-state index is 0.0180. The summed E-state index contributed by atoms with van der Waals surface area (Å²) in [4.78, 5) is 28.7. The van der Waals surface area contributed by atoms with Crippen LogP contribution in [0.2, 0.25) is 15.1 Å². The molecule has 2 amide bonds. The molecule has 0 radical (unpaired) electrons. The van der Waals surface area contributed by atoms with Gasteiger partial charge in [-0.1, -0.05) is 58.6 Å². The van der Waals surface area contributed by atoms with Gasteiger partial charge in [-0.15, -0.1) is 0 Å². The van der Waals surface area contributed by atoms with Crippen molar-refractivity contribution in [2.75, 3.05) is 10.8 Å². The number of carbonyl (C=O) groups is 2. The molecule has 0 aliphatic carbocycles. The first-order valence-electron chi connectivity index (χ1n) is 12.9. The van der Waals surface area contributed by atoms with Crippen molar-refractivity contribution in [2.45, 2.75) is 64.6 Å². The lowest BCUT2D eigenvalue weighted by Crippen LogP contribution is -2.54. The topological polar surface area (TPSA) is 86.8 Å². The molecule has 0 saturated carbocycles. The van der Waals surface area contributed by atoms with Gasteiger partial charge in [0.15, 0.2) is 0 Å². The first-order chi connectivity index (χ1) is 19.0. The molecule has 220 valence electrons. The van der Waals surface area contributed by atoms with Crippen LogP contribution in [0.25, 0.3) is 0 Å². The van der Waals surface area contributed by atoms with Gasteiger partial charge in [0.2, 0.25) is 11.8 Å². The summed E-state index contributed by atoms with van der Waals surface area (Å²) in [6.45, 7) is 9.92. The van der Waals surface area contributed by atoms with Gasteiger partial charge in [-0.2, -0.15) is 0 Å². The largest absolute Gasteiger partial charge is 0.350 e. The summed E-state index contributed by atoms with van der Waals surface area (Å²) in [5, 5.41) is 3.94. The number of amides is 2. The molecule has 3 aromatic carbocycles. The lowest BCUT2D eigenvalue weighted by atomic mass is 10.1. The summed E-state index contributed by atoms with van der Waals surface area (Å²) in [6, 6.07) is 15.1. The third-order valence-corrected chi connectivity index (χ3v) is 9.09. The molecule has 1 atom stereocenters. The predicted octanol–water partition coefficient (Wildman–Crippen LogP) is 6.79. The van der Waals surface area contributed by atoms with Crippen LogP contribution in [0.15, 0.2) is 65.6 Å². The highest BCUT2D eigenvalue weighted by Crippen LogP contribution is 2.31. The van der Waals surface area contributed by atoms with Crippen molar-refractivity contribution in [3.05, 3.63) is 92.4 Å². The van der Waals surface area contributed by atoms with E-state index in [-0.39, 0.29) is 17.1 Å². The van der Waals surface area contributed by atoms with Gasteiger partial charge >= 0.3 is 0 Å². The maximum Gasteiger partial charge on any atom is 0.264 e. The van der Waals surface area contributed by atoms with Crippen molar-refractivity contribution in [1.29, 1.82) is 0 Å². The molecule has 3 rings (SSSR count). The molecule has 0 aliphatic rings. The highest BCUT2D eigenvalue weighted by Gasteiger charge is 2.34. The van der Waals surface area contributed by atoms with E-state index in [1.54, 1.807) is 62.4 Å². The zero-order valence-electron chi connectivity index (χ0n) is 23.8. The van der Waals surface area contributed by atoms with Gasteiger partial charge in [0.1, 0.15) is 12.6 Å². The van der Waals surface area contributed by atoms with Crippen molar-refractivity contribution < 1.29 is 18.0 Å². The van der Waals surface area contributed by atoms with Crippen LogP contribution < -0.4 is 9.62 Å². The molecule has 3 aromatic rings. The van der Waals surface area contributed by atoms with Gasteiger partial charge in [-0.05, 0) is 89.6 Å². The number of nitrogens with one attached hydrogen (secondary N) is 1. The molecule has 0 bridgehead atoms. The van der Waals surface area contributed by atoms with Crippen LogP contribution in [0.1, 0.15) is 44.4 Å². The second-order valence-electron chi connectivity index (χ2n) is 10.9. The highest BCUT2D eigenvalue weighted by atomic mass is 35.5. The molecule has 11 heteroatoms. The van der Waals surface area contributed by atoms with Crippen LogP contribution in [0.4, 0.5) is 5.69 Å². The Morgan fingerprint density at radius 1 is 0.927 bits per heavy atom. The number of halogens is 3. The Kier molecular flexibility index (Phi) is 10.4. The van der Waals surface area contributed by atoms with E-state index in [2.05, 4.69) is 5.32 Å². The fourth-order valence-electron chi connectivity index (χ4n) is 4.16. The quantitative estimate of drug-likeness (QED) is 0.280. The average Bonchev–Trinajstić information content (AvgIpc) is 2.86. The molecule has 0 fully saturated rings. The number of nitrogens with zero attached hydrogens (tertiary/aromatic N) is 2. The fraction of sp³-hybridized carbons (Fsp3) is 0.333. The summed E-state index contributed by atoms with van der Waals surface area (Å²) < 4.78 is 29.0. The van der Waals surface area contributed by atoms with Gasteiger partial charge in [0, 0.05) is 32.7 Å². The van der Waals surface area contributed by atoms with Gasteiger partial charge in [-0.25, -0.2) is 8.42 Å². The average molecular weight is 639 g/mol. The number of hydrogen-bond donors (Lipinski definition) is 1. The van der Waals surface area contributed by atoms with E-state index in [9.17, 15) is 18.0 Å². The third kappa shape index (κ3) is 8.16. The molecular weight excluding hydrogens is 605 g/mol. The summed E-state index contributed by atoms with van der Waals surface area (Å²) in [5.41, 5.74) is 1.60. The number of hydrogen-bond acceptors (Lipinski definition) is 4. The van der Waals surface area contributed by atoms with Crippen molar-refractivity contribution in [1.82, 2.24) is 10.2 Å². The van der Waals surface area contributed by atoms with E-state index >= 15 is 0 Å². The molecule has 1 N–H and O–H groups in total. The fourth-order valence-corrected chi connectivity index (χ4v) is 6.38. The predicted molar refractivity (Wildman–Crippen MR) is 166 cm³/mol. The molecule has 7 nitrogen and oxygen atoms in total. The maximum atomic E-state index is 14.1. The van der Waals surface area contributed by atoms with Crippen LogP contribution in [0.3, 0.4) is 0 Å². The number of carbonyl (C=O) groups excluding carboxylic acids is 2. The zero-order valence-corrected chi connectivity index (χ0v) is 26.9. The summed E-state index contributed by atoms with van der Waals surface area (Å²) in [6.07, 6.45) is 0. The summed E-state index contributed by atoms with van der Waals surface area (Å²) in [5.74, 6) is -1.03.